The SMILES string of the molecule is COc1ccc(CC(C)(CN)NC2CCCCC2)cc1. The van der Waals surface area contributed by atoms with E-state index in [1.54, 1.807) is 7.11 Å². The Kier molecular flexibility index (Phi) is 5.44. The van der Waals surface area contributed by atoms with E-state index in [4.69, 9.17) is 10.5 Å². The van der Waals surface area contributed by atoms with Crippen LogP contribution in [0.1, 0.15) is 44.6 Å². The molecule has 3 N–H and O–H groups in total. The molecule has 0 aliphatic heterocycles. The molecule has 0 heterocycles. The maximum Gasteiger partial charge on any atom is 0.118 e. The van der Waals surface area contributed by atoms with Crippen LogP contribution in [0.5, 0.6) is 5.75 Å². The molecule has 1 unspecified atom stereocenters. The third kappa shape index (κ3) is 4.22. The summed E-state index contributed by atoms with van der Waals surface area (Å²) in [7, 11) is 1.70. The summed E-state index contributed by atoms with van der Waals surface area (Å²) < 4.78 is 5.21. The summed E-state index contributed by atoms with van der Waals surface area (Å²) in [5.74, 6) is 0.906. The number of nitrogens with two attached hydrogens (primary N) is 1. The first-order valence-electron chi connectivity index (χ1n) is 7.76. The number of methoxy groups -OCH3 is 1. The van der Waals surface area contributed by atoms with Crippen LogP contribution in [0.3, 0.4) is 0 Å². The topological polar surface area (TPSA) is 47.3 Å². The normalized spacial score (nSPS) is 19.6. The molecule has 0 radical (unpaired) electrons. The van der Waals surface area contributed by atoms with Crippen molar-refractivity contribution < 1.29 is 4.74 Å². The largest absolute Gasteiger partial charge is 0.497 e. The smallest absolute Gasteiger partial charge is 0.118 e. The molecule has 0 amide bonds. The zero-order chi connectivity index (χ0) is 14.4. The predicted octanol–water partition coefficient (Wildman–Crippen LogP) is 2.88. The van der Waals surface area contributed by atoms with Gasteiger partial charge in [0.05, 0.1) is 7.11 Å². The molecule has 0 spiro atoms. The fourth-order valence-corrected chi connectivity index (χ4v) is 3.12. The van der Waals surface area contributed by atoms with E-state index in [-0.39, 0.29) is 5.54 Å². The zero-order valence-corrected chi connectivity index (χ0v) is 12.8. The molecular weight excluding hydrogens is 248 g/mol. The van der Waals surface area contributed by atoms with Crippen LogP contribution < -0.4 is 15.8 Å². The monoisotopic (exact) mass is 276 g/mol. The van der Waals surface area contributed by atoms with Gasteiger partial charge in [0.15, 0.2) is 0 Å². The molecule has 1 aliphatic rings. The summed E-state index contributed by atoms with van der Waals surface area (Å²) >= 11 is 0. The fourth-order valence-electron chi connectivity index (χ4n) is 3.12. The molecule has 1 fully saturated rings. The summed E-state index contributed by atoms with van der Waals surface area (Å²) in [6.07, 6.45) is 7.62. The standard InChI is InChI=1S/C17H28N2O/c1-17(13-18,19-15-6-4-3-5-7-15)12-14-8-10-16(20-2)11-9-14/h8-11,15,19H,3-7,12-13,18H2,1-2H3. The Morgan fingerprint density at radius 1 is 1.20 bits per heavy atom. The average Bonchev–Trinajstić information content (AvgIpc) is 2.49. The van der Waals surface area contributed by atoms with Crippen molar-refractivity contribution in [2.75, 3.05) is 13.7 Å². The number of ether oxygens (including phenoxy) is 1. The molecule has 1 atom stereocenters. The van der Waals surface area contributed by atoms with E-state index < -0.39 is 0 Å². The first kappa shape index (κ1) is 15.3. The van der Waals surface area contributed by atoms with Crippen LogP contribution in [0.25, 0.3) is 0 Å². The Bertz CT molecular complexity index is 398. The van der Waals surface area contributed by atoms with E-state index in [0.29, 0.717) is 12.6 Å². The van der Waals surface area contributed by atoms with Crippen molar-refractivity contribution in [3.63, 3.8) is 0 Å². The van der Waals surface area contributed by atoms with Crippen molar-refractivity contribution >= 4 is 0 Å². The number of hydrogen-bond donors (Lipinski definition) is 2. The van der Waals surface area contributed by atoms with E-state index in [0.717, 1.165) is 12.2 Å². The van der Waals surface area contributed by atoms with Gasteiger partial charge in [0, 0.05) is 18.1 Å². The lowest BCUT2D eigenvalue weighted by Crippen LogP contribution is -2.54. The summed E-state index contributed by atoms with van der Waals surface area (Å²) in [6, 6.07) is 8.94. The lowest BCUT2D eigenvalue weighted by molar-refractivity contribution is 0.266. The van der Waals surface area contributed by atoms with E-state index in [9.17, 15) is 0 Å². The van der Waals surface area contributed by atoms with Gasteiger partial charge < -0.3 is 15.8 Å². The summed E-state index contributed by atoms with van der Waals surface area (Å²) in [6.45, 7) is 2.90. The summed E-state index contributed by atoms with van der Waals surface area (Å²) in [5.41, 5.74) is 7.33. The molecule has 3 heteroatoms. The van der Waals surface area contributed by atoms with Gasteiger partial charge in [-0.1, -0.05) is 31.4 Å². The van der Waals surface area contributed by atoms with Crippen LogP contribution in [-0.4, -0.2) is 25.2 Å². The van der Waals surface area contributed by atoms with Gasteiger partial charge in [-0.2, -0.15) is 0 Å². The van der Waals surface area contributed by atoms with Gasteiger partial charge >= 0.3 is 0 Å². The maximum absolute atomic E-state index is 6.04. The lowest BCUT2D eigenvalue weighted by atomic mass is 9.88. The Hall–Kier alpha value is -1.06. The van der Waals surface area contributed by atoms with Gasteiger partial charge in [-0.15, -0.1) is 0 Å². The molecule has 1 aromatic carbocycles. The fraction of sp³-hybridized carbons (Fsp3) is 0.647. The molecule has 0 aromatic heterocycles. The van der Waals surface area contributed by atoms with Crippen molar-refractivity contribution in [3.8, 4) is 5.75 Å². The number of benzene rings is 1. The van der Waals surface area contributed by atoms with Crippen LogP contribution in [-0.2, 0) is 6.42 Å². The molecule has 1 saturated carbocycles. The molecule has 3 nitrogen and oxygen atoms in total. The van der Waals surface area contributed by atoms with Crippen molar-refractivity contribution in [2.24, 2.45) is 5.73 Å². The molecule has 20 heavy (non-hydrogen) atoms. The molecule has 0 bridgehead atoms. The third-order valence-electron chi connectivity index (χ3n) is 4.36. The van der Waals surface area contributed by atoms with Gasteiger partial charge in [-0.05, 0) is 43.9 Å². The molecular formula is C17H28N2O. The third-order valence-corrected chi connectivity index (χ3v) is 4.36. The average molecular weight is 276 g/mol. The van der Waals surface area contributed by atoms with Crippen molar-refractivity contribution in [1.82, 2.24) is 5.32 Å². The van der Waals surface area contributed by atoms with Crippen molar-refractivity contribution in [2.45, 2.75) is 57.0 Å². The minimum Gasteiger partial charge on any atom is -0.497 e. The number of nitrogens with one attached hydrogen (secondary N) is 1. The van der Waals surface area contributed by atoms with E-state index in [1.165, 1.54) is 37.7 Å². The molecule has 0 saturated heterocycles. The quantitative estimate of drug-likeness (QED) is 0.840. The van der Waals surface area contributed by atoms with Gasteiger partial charge in [-0.25, -0.2) is 0 Å². The zero-order valence-electron chi connectivity index (χ0n) is 12.8. The van der Waals surface area contributed by atoms with Crippen LogP contribution in [0.4, 0.5) is 0 Å². The summed E-state index contributed by atoms with van der Waals surface area (Å²) in [4.78, 5) is 0. The van der Waals surface area contributed by atoms with E-state index in [1.807, 2.05) is 12.1 Å². The first-order valence-corrected chi connectivity index (χ1v) is 7.76. The molecule has 2 rings (SSSR count). The van der Waals surface area contributed by atoms with E-state index >= 15 is 0 Å². The van der Waals surface area contributed by atoms with Gasteiger partial charge in [0.2, 0.25) is 0 Å². The second kappa shape index (κ2) is 7.09. The highest BCUT2D eigenvalue weighted by Crippen LogP contribution is 2.22. The Morgan fingerprint density at radius 3 is 2.40 bits per heavy atom. The highest BCUT2D eigenvalue weighted by molar-refractivity contribution is 5.28. The first-order chi connectivity index (χ1) is 9.65. The molecule has 112 valence electrons. The van der Waals surface area contributed by atoms with Crippen molar-refractivity contribution in [1.29, 1.82) is 0 Å². The van der Waals surface area contributed by atoms with Crippen LogP contribution >= 0.6 is 0 Å². The van der Waals surface area contributed by atoms with Gasteiger partial charge in [0.1, 0.15) is 5.75 Å². The van der Waals surface area contributed by atoms with Crippen LogP contribution in [0.15, 0.2) is 24.3 Å². The number of rotatable bonds is 6. The van der Waals surface area contributed by atoms with Gasteiger partial charge in [0.25, 0.3) is 0 Å². The highest BCUT2D eigenvalue weighted by Gasteiger charge is 2.27. The second-order valence-corrected chi connectivity index (χ2v) is 6.27. The minimum absolute atomic E-state index is 0.0173. The predicted molar refractivity (Wildman–Crippen MR) is 84.2 cm³/mol. The highest BCUT2D eigenvalue weighted by atomic mass is 16.5. The molecule has 1 aliphatic carbocycles. The van der Waals surface area contributed by atoms with Gasteiger partial charge in [-0.3, -0.25) is 0 Å². The number of hydrogen-bond acceptors (Lipinski definition) is 3. The Balaban J connectivity index is 1.97. The van der Waals surface area contributed by atoms with Crippen LogP contribution in [0, 0.1) is 0 Å². The lowest BCUT2D eigenvalue weighted by Gasteiger charge is -2.36. The van der Waals surface area contributed by atoms with Crippen molar-refractivity contribution in [3.05, 3.63) is 29.8 Å². The maximum atomic E-state index is 6.04. The van der Waals surface area contributed by atoms with E-state index in [2.05, 4.69) is 24.4 Å². The Labute approximate surface area is 122 Å². The second-order valence-electron chi connectivity index (χ2n) is 6.27. The Morgan fingerprint density at radius 2 is 1.85 bits per heavy atom. The minimum atomic E-state index is -0.0173. The molecule has 1 aromatic rings. The van der Waals surface area contributed by atoms with Crippen LogP contribution in [0.2, 0.25) is 0 Å². The summed E-state index contributed by atoms with van der Waals surface area (Å²) in [5, 5.41) is 3.80.